The lowest BCUT2D eigenvalue weighted by Crippen LogP contribution is -2.55. The van der Waals surface area contributed by atoms with E-state index >= 15 is 0 Å². The standard InChI is InChI=1S/C13H23Cl3N2O/c1-10(2)9-11(19)17-12(13(14,15)16)18-7-5-3-4-6-8-18/h10,12H,3-9H2,1-2H3,(H,17,19)/t12-/m1/s1. The summed E-state index contributed by atoms with van der Waals surface area (Å²) in [4.78, 5) is 14.0. The quantitative estimate of drug-likeness (QED) is 0.797. The van der Waals surface area contributed by atoms with Crippen molar-refractivity contribution in [1.82, 2.24) is 10.2 Å². The molecular weight excluding hydrogens is 307 g/mol. The minimum Gasteiger partial charge on any atom is -0.337 e. The molecule has 1 fully saturated rings. The monoisotopic (exact) mass is 328 g/mol. The Morgan fingerprint density at radius 3 is 2.11 bits per heavy atom. The van der Waals surface area contributed by atoms with Crippen LogP contribution in [0.2, 0.25) is 0 Å². The second-order valence-corrected chi connectivity index (χ2v) is 7.93. The highest BCUT2D eigenvalue weighted by Crippen LogP contribution is 2.33. The van der Waals surface area contributed by atoms with Gasteiger partial charge < -0.3 is 5.32 Å². The predicted molar refractivity (Wildman–Crippen MR) is 81.7 cm³/mol. The van der Waals surface area contributed by atoms with E-state index in [-0.39, 0.29) is 5.91 Å². The maximum Gasteiger partial charge on any atom is 0.223 e. The molecular formula is C13H23Cl3N2O. The lowest BCUT2D eigenvalue weighted by Gasteiger charge is -2.35. The Hall–Kier alpha value is 0.300. The van der Waals surface area contributed by atoms with Crippen molar-refractivity contribution in [3.05, 3.63) is 0 Å². The van der Waals surface area contributed by atoms with Gasteiger partial charge in [-0.05, 0) is 18.8 Å². The van der Waals surface area contributed by atoms with Crippen molar-refractivity contribution >= 4 is 40.7 Å². The van der Waals surface area contributed by atoms with Gasteiger partial charge in [-0.2, -0.15) is 0 Å². The highest BCUT2D eigenvalue weighted by atomic mass is 35.6. The number of hydrogen-bond donors (Lipinski definition) is 1. The summed E-state index contributed by atoms with van der Waals surface area (Å²) in [6.45, 7) is 5.72. The molecule has 19 heavy (non-hydrogen) atoms. The van der Waals surface area contributed by atoms with Crippen LogP contribution in [0.15, 0.2) is 0 Å². The molecule has 112 valence electrons. The SMILES string of the molecule is CC(C)CC(=O)N[C@H](N1CCCCCC1)C(Cl)(Cl)Cl. The largest absolute Gasteiger partial charge is 0.337 e. The average molecular weight is 330 g/mol. The summed E-state index contributed by atoms with van der Waals surface area (Å²) in [5.74, 6) is 0.232. The fraction of sp³-hybridized carbons (Fsp3) is 0.923. The van der Waals surface area contributed by atoms with Crippen molar-refractivity contribution in [3.8, 4) is 0 Å². The van der Waals surface area contributed by atoms with Crippen LogP contribution >= 0.6 is 34.8 Å². The minimum atomic E-state index is -1.50. The number of nitrogens with one attached hydrogen (secondary N) is 1. The summed E-state index contributed by atoms with van der Waals surface area (Å²) in [6.07, 6.45) is 4.47. The minimum absolute atomic E-state index is 0.0597. The van der Waals surface area contributed by atoms with E-state index in [0.717, 1.165) is 25.9 Å². The number of carbonyl (C=O) groups is 1. The summed E-state index contributed by atoms with van der Waals surface area (Å²) in [7, 11) is 0. The molecule has 1 saturated heterocycles. The summed E-state index contributed by atoms with van der Waals surface area (Å²) in [6, 6.07) is 0. The Bertz CT molecular complexity index is 284. The maximum absolute atomic E-state index is 11.9. The Labute approximate surface area is 130 Å². The number of alkyl halides is 3. The lowest BCUT2D eigenvalue weighted by molar-refractivity contribution is -0.123. The summed E-state index contributed by atoms with van der Waals surface area (Å²) < 4.78 is -1.50. The van der Waals surface area contributed by atoms with Gasteiger partial charge in [-0.1, -0.05) is 61.5 Å². The molecule has 3 nitrogen and oxygen atoms in total. The first kappa shape index (κ1) is 17.4. The molecule has 0 unspecified atom stereocenters. The Balaban J connectivity index is 2.68. The van der Waals surface area contributed by atoms with Crippen molar-refractivity contribution in [1.29, 1.82) is 0 Å². The molecule has 1 amide bonds. The van der Waals surface area contributed by atoms with Gasteiger partial charge in [-0.15, -0.1) is 0 Å². The molecule has 6 heteroatoms. The van der Waals surface area contributed by atoms with E-state index in [0.29, 0.717) is 12.3 Å². The number of nitrogens with zero attached hydrogens (tertiary/aromatic N) is 1. The number of hydrogen-bond acceptors (Lipinski definition) is 2. The molecule has 0 radical (unpaired) electrons. The van der Waals surface area contributed by atoms with E-state index in [2.05, 4.69) is 10.2 Å². The molecule has 0 bridgehead atoms. The predicted octanol–water partition coefficient (Wildman–Crippen LogP) is 3.72. The molecule has 1 atom stereocenters. The number of amides is 1. The average Bonchev–Trinajstić information content (AvgIpc) is 2.51. The van der Waals surface area contributed by atoms with Gasteiger partial charge in [-0.25, -0.2) is 0 Å². The van der Waals surface area contributed by atoms with Crippen molar-refractivity contribution in [2.75, 3.05) is 13.1 Å². The third-order valence-electron chi connectivity index (χ3n) is 3.21. The van der Waals surface area contributed by atoms with E-state index in [1.165, 1.54) is 12.8 Å². The van der Waals surface area contributed by atoms with Crippen LogP contribution in [-0.2, 0) is 4.79 Å². The first-order valence-corrected chi connectivity index (χ1v) is 8.04. The highest BCUT2D eigenvalue weighted by Gasteiger charge is 2.38. The lowest BCUT2D eigenvalue weighted by atomic mass is 10.1. The van der Waals surface area contributed by atoms with Crippen molar-refractivity contribution < 1.29 is 4.79 Å². The maximum atomic E-state index is 11.9. The molecule has 1 N–H and O–H groups in total. The third-order valence-corrected chi connectivity index (χ3v) is 3.83. The summed E-state index contributed by atoms with van der Waals surface area (Å²) in [5.41, 5.74) is 0. The first-order chi connectivity index (χ1) is 8.80. The summed E-state index contributed by atoms with van der Waals surface area (Å²) in [5, 5.41) is 2.88. The van der Waals surface area contributed by atoms with Crippen LogP contribution in [0.25, 0.3) is 0 Å². The van der Waals surface area contributed by atoms with Crippen LogP contribution in [0, 0.1) is 5.92 Å². The molecule has 1 aliphatic heterocycles. The van der Waals surface area contributed by atoms with E-state index in [4.69, 9.17) is 34.8 Å². The molecule has 0 aromatic carbocycles. The molecule has 0 spiro atoms. The molecule has 1 heterocycles. The topological polar surface area (TPSA) is 32.3 Å². The van der Waals surface area contributed by atoms with Gasteiger partial charge in [0.2, 0.25) is 9.70 Å². The number of rotatable bonds is 4. The van der Waals surface area contributed by atoms with Gasteiger partial charge in [0.15, 0.2) is 0 Å². The van der Waals surface area contributed by atoms with Crippen LogP contribution in [0.4, 0.5) is 0 Å². The number of likely N-dealkylation sites (tertiary alicyclic amines) is 1. The highest BCUT2D eigenvalue weighted by molar-refractivity contribution is 6.68. The van der Waals surface area contributed by atoms with Gasteiger partial charge in [0.25, 0.3) is 0 Å². The van der Waals surface area contributed by atoms with Crippen LogP contribution in [0.1, 0.15) is 46.0 Å². The Kier molecular flexibility index (Phi) is 7.23. The zero-order valence-electron chi connectivity index (χ0n) is 11.6. The molecule has 0 aromatic rings. The van der Waals surface area contributed by atoms with Crippen LogP contribution in [-0.4, -0.2) is 33.9 Å². The smallest absolute Gasteiger partial charge is 0.223 e. The molecule has 0 aromatic heterocycles. The third kappa shape index (κ3) is 6.52. The van der Waals surface area contributed by atoms with Crippen molar-refractivity contribution in [2.24, 2.45) is 5.92 Å². The molecule has 1 rings (SSSR count). The van der Waals surface area contributed by atoms with E-state index in [1.54, 1.807) is 0 Å². The normalized spacial score (nSPS) is 20.1. The van der Waals surface area contributed by atoms with Gasteiger partial charge in [0.05, 0.1) is 0 Å². The van der Waals surface area contributed by atoms with Crippen LogP contribution in [0.3, 0.4) is 0 Å². The first-order valence-electron chi connectivity index (χ1n) is 6.91. The van der Waals surface area contributed by atoms with E-state index in [9.17, 15) is 4.79 Å². The zero-order chi connectivity index (χ0) is 14.5. The van der Waals surface area contributed by atoms with Gasteiger partial charge >= 0.3 is 0 Å². The number of carbonyl (C=O) groups excluding carboxylic acids is 1. The second-order valence-electron chi connectivity index (χ2n) is 5.56. The van der Waals surface area contributed by atoms with E-state index in [1.807, 2.05) is 13.8 Å². The second kappa shape index (κ2) is 7.92. The van der Waals surface area contributed by atoms with Gasteiger partial charge in [0, 0.05) is 19.5 Å². The fourth-order valence-electron chi connectivity index (χ4n) is 2.32. The van der Waals surface area contributed by atoms with Crippen molar-refractivity contribution in [3.63, 3.8) is 0 Å². The van der Waals surface area contributed by atoms with E-state index < -0.39 is 9.96 Å². The molecule has 1 aliphatic rings. The van der Waals surface area contributed by atoms with Gasteiger partial charge in [-0.3, -0.25) is 9.69 Å². The fourth-order valence-corrected chi connectivity index (χ4v) is 2.89. The van der Waals surface area contributed by atoms with Gasteiger partial charge in [0.1, 0.15) is 6.17 Å². The van der Waals surface area contributed by atoms with Crippen LogP contribution in [0.5, 0.6) is 0 Å². The van der Waals surface area contributed by atoms with Crippen molar-refractivity contribution in [2.45, 2.75) is 55.9 Å². The molecule has 0 saturated carbocycles. The van der Waals surface area contributed by atoms with Crippen LogP contribution < -0.4 is 5.32 Å². The zero-order valence-corrected chi connectivity index (χ0v) is 13.9. The Morgan fingerprint density at radius 2 is 1.68 bits per heavy atom. The number of halogens is 3. The summed E-state index contributed by atoms with van der Waals surface area (Å²) >= 11 is 18.1. The Morgan fingerprint density at radius 1 is 1.16 bits per heavy atom. The molecule has 0 aliphatic carbocycles.